The van der Waals surface area contributed by atoms with E-state index in [0.29, 0.717) is 17.3 Å². The number of nitrogens with two attached hydrogens (primary N) is 1. The summed E-state index contributed by atoms with van der Waals surface area (Å²) < 4.78 is 13.3. The first kappa shape index (κ1) is 22.5. The average molecular weight is 458 g/mol. The van der Waals surface area contributed by atoms with Crippen LogP contribution in [0.2, 0.25) is 0 Å². The van der Waals surface area contributed by atoms with Crippen LogP contribution in [0.15, 0.2) is 28.5 Å². The van der Waals surface area contributed by atoms with E-state index in [2.05, 4.69) is 38.6 Å². The molecule has 10 heteroatoms. The first-order valence-electron chi connectivity index (χ1n) is 10.9. The van der Waals surface area contributed by atoms with E-state index in [1.165, 1.54) is 6.33 Å². The lowest BCUT2D eigenvalue weighted by Gasteiger charge is -2.18. The van der Waals surface area contributed by atoms with Crippen molar-refractivity contribution in [3.8, 4) is 11.5 Å². The number of nitrogens with one attached hydrogen (secondary N) is 1. The number of aromatic nitrogens is 4. The first-order valence-corrected chi connectivity index (χ1v) is 11.7. The Kier molecular flexibility index (Phi) is 6.90. The number of benzene rings is 1. The van der Waals surface area contributed by atoms with E-state index in [0.717, 1.165) is 65.4 Å². The molecule has 0 bridgehead atoms. The van der Waals surface area contributed by atoms with Gasteiger partial charge in [-0.15, -0.1) is 0 Å². The topological polar surface area (TPSA) is 103 Å². The van der Waals surface area contributed by atoms with Gasteiger partial charge in [-0.05, 0) is 43.6 Å². The lowest BCUT2D eigenvalue weighted by molar-refractivity contribution is 0.174. The van der Waals surface area contributed by atoms with Crippen molar-refractivity contribution >= 4 is 34.4 Å². The van der Waals surface area contributed by atoms with Crippen LogP contribution in [-0.4, -0.2) is 53.5 Å². The molecule has 0 amide bonds. The highest BCUT2D eigenvalue weighted by Gasteiger charge is 2.22. The maximum Gasteiger partial charge on any atom is 0.231 e. The predicted octanol–water partition coefficient (Wildman–Crippen LogP) is 3.38. The second-order valence-electron chi connectivity index (χ2n) is 8.45. The summed E-state index contributed by atoms with van der Waals surface area (Å²) in [5, 5.41) is 4.34. The number of rotatable bonds is 10. The van der Waals surface area contributed by atoms with Gasteiger partial charge in [0.05, 0.1) is 5.69 Å². The molecular formula is C22H31N7O2S. The smallest absolute Gasteiger partial charge is 0.231 e. The largest absolute Gasteiger partial charge is 0.454 e. The molecule has 3 heterocycles. The van der Waals surface area contributed by atoms with Crippen LogP contribution in [0.3, 0.4) is 0 Å². The van der Waals surface area contributed by atoms with E-state index in [9.17, 15) is 0 Å². The molecule has 1 aliphatic heterocycles. The van der Waals surface area contributed by atoms with Crippen molar-refractivity contribution in [1.82, 2.24) is 24.8 Å². The van der Waals surface area contributed by atoms with Gasteiger partial charge in [-0.2, -0.15) is 0 Å². The van der Waals surface area contributed by atoms with E-state index in [1.807, 2.05) is 26.2 Å². The third kappa shape index (κ3) is 4.86. The molecule has 0 aliphatic carbocycles. The van der Waals surface area contributed by atoms with Crippen LogP contribution < -0.4 is 25.4 Å². The third-order valence-corrected chi connectivity index (χ3v) is 6.24. The first-order chi connectivity index (χ1) is 15.4. The molecule has 3 aromatic rings. The zero-order valence-electron chi connectivity index (χ0n) is 19.1. The second kappa shape index (κ2) is 9.83. The van der Waals surface area contributed by atoms with Crippen molar-refractivity contribution in [3.05, 3.63) is 18.5 Å². The second-order valence-corrected chi connectivity index (χ2v) is 9.46. The van der Waals surface area contributed by atoms with Crippen molar-refractivity contribution in [2.75, 3.05) is 44.6 Å². The number of hydrogen-bond acceptors (Lipinski definition) is 9. The Bertz CT molecular complexity index is 1080. The fourth-order valence-electron chi connectivity index (χ4n) is 3.57. The highest BCUT2D eigenvalue weighted by Crippen LogP contribution is 2.44. The number of nitrogen functional groups attached to an aromatic ring is 1. The van der Waals surface area contributed by atoms with Crippen LogP contribution in [0.25, 0.3) is 11.2 Å². The van der Waals surface area contributed by atoms with E-state index in [4.69, 9.17) is 20.2 Å². The van der Waals surface area contributed by atoms with Gasteiger partial charge in [0.2, 0.25) is 6.79 Å². The molecule has 9 nitrogen and oxygen atoms in total. The van der Waals surface area contributed by atoms with Crippen LogP contribution in [0.4, 0.5) is 11.5 Å². The molecule has 0 unspecified atom stereocenters. The minimum absolute atomic E-state index is 0.242. The fraction of sp³-hybridized carbons (Fsp3) is 0.500. The number of ether oxygens (including phenoxy) is 2. The van der Waals surface area contributed by atoms with Crippen molar-refractivity contribution < 1.29 is 9.47 Å². The highest BCUT2D eigenvalue weighted by molar-refractivity contribution is 7.99. The van der Waals surface area contributed by atoms with E-state index < -0.39 is 0 Å². The van der Waals surface area contributed by atoms with Crippen LogP contribution in [0.1, 0.15) is 26.7 Å². The molecule has 0 radical (unpaired) electrons. The predicted molar refractivity (Wildman–Crippen MR) is 128 cm³/mol. The van der Waals surface area contributed by atoms with Crippen molar-refractivity contribution in [2.24, 2.45) is 5.92 Å². The summed E-state index contributed by atoms with van der Waals surface area (Å²) in [6, 6.07) is 4.02. The van der Waals surface area contributed by atoms with Gasteiger partial charge < -0.3 is 30.0 Å². The Hall–Kier alpha value is -2.72. The molecule has 0 atom stereocenters. The number of fused-ring (bicyclic) bond motifs is 2. The molecule has 1 aromatic carbocycles. The molecule has 2 aromatic heterocycles. The molecule has 3 N–H and O–H groups in total. The monoisotopic (exact) mass is 457 g/mol. The maximum atomic E-state index is 6.12. The van der Waals surface area contributed by atoms with E-state index >= 15 is 0 Å². The van der Waals surface area contributed by atoms with Crippen LogP contribution >= 0.6 is 11.8 Å². The van der Waals surface area contributed by atoms with Gasteiger partial charge in [0.1, 0.15) is 6.33 Å². The lowest BCUT2D eigenvalue weighted by Crippen LogP contribution is -2.21. The van der Waals surface area contributed by atoms with Gasteiger partial charge in [0.15, 0.2) is 33.6 Å². The molecule has 4 rings (SSSR count). The summed E-state index contributed by atoms with van der Waals surface area (Å²) in [7, 11) is 4.02. The lowest BCUT2D eigenvalue weighted by atomic mass is 10.2. The number of unbranched alkanes of at least 4 members (excludes halogenated alkanes) is 1. The summed E-state index contributed by atoms with van der Waals surface area (Å²) >= 11 is 1.58. The summed E-state index contributed by atoms with van der Waals surface area (Å²) in [5.74, 6) is 2.56. The zero-order valence-corrected chi connectivity index (χ0v) is 19.9. The zero-order chi connectivity index (χ0) is 22.7. The molecule has 0 saturated carbocycles. The van der Waals surface area contributed by atoms with Gasteiger partial charge in [0, 0.05) is 37.7 Å². The van der Waals surface area contributed by atoms with Crippen molar-refractivity contribution in [3.63, 3.8) is 0 Å². The third-order valence-electron chi connectivity index (χ3n) is 5.20. The molecular weight excluding hydrogens is 426 g/mol. The Morgan fingerprint density at radius 3 is 2.72 bits per heavy atom. The molecule has 0 saturated heterocycles. The van der Waals surface area contributed by atoms with Crippen LogP contribution in [-0.2, 0) is 6.54 Å². The number of imidazole rings is 1. The molecule has 32 heavy (non-hydrogen) atoms. The van der Waals surface area contributed by atoms with E-state index in [-0.39, 0.29) is 6.79 Å². The fourth-order valence-corrected chi connectivity index (χ4v) is 4.70. The highest BCUT2D eigenvalue weighted by atomic mass is 32.2. The Morgan fingerprint density at radius 1 is 1.19 bits per heavy atom. The van der Waals surface area contributed by atoms with Crippen molar-refractivity contribution in [1.29, 1.82) is 0 Å². The molecule has 172 valence electrons. The van der Waals surface area contributed by atoms with Gasteiger partial charge in [-0.25, -0.2) is 15.0 Å². The average Bonchev–Trinajstić information content (AvgIpc) is 3.34. The minimum atomic E-state index is 0.242. The maximum absolute atomic E-state index is 6.12. The Morgan fingerprint density at radius 2 is 1.97 bits per heavy atom. The minimum Gasteiger partial charge on any atom is -0.454 e. The number of anilines is 2. The molecule has 0 fully saturated rings. The molecule has 0 spiro atoms. The quantitative estimate of drug-likeness (QED) is 0.443. The summed E-state index contributed by atoms with van der Waals surface area (Å²) in [6.45, 7) is 7.52. The van der Waals surface area contributed by atoms with Gasteiger partial charge in [-0.3, -0.25) is 0 Å². The molecule has 1 aliphatic rings. The number of aryl methyl sites for hydroxylation is 1. The summed E-state index contributed by atoms with van der Waals surface area (Å²) in [6.07, 6.45) is 3.58. The van der Waals surface area contributed by atoms with Gasteiger partial charge in [0.25, 0.3) is 0 Å². The van der Waals surface area contributed by atoms with Gasteiger partial charge in [-0.1, -0.05) is 13.8 Å². The summed E-state index contributed by atoms with van der Waals surface area (Å²) in [4.78, 5) is 16.5. The normalized spacial score (nSPS) is 12.8. The Labute approximate surface area is 192 Å². The SMILES string of the molecule is CC(C)CNCCCCn1c(Sc2cc3c(cc2N(C)C)OCO3)nc2c(N)ncnc21. The van der Waals surface area contributed by atoms with Crippen LogP contribution in [0, 0.1) is 5.92 Å². The van der Waals surface area contributed by atoms with Crippen LogP contribution in [0.5, 0.6) is 11.5 Å². The van der Waals surface area contributed by atoms with Gasteiger partial charge >= 0.3 is 0 Å². The Balaban J connectivity index is 1.60. The number of hydrogen-bond donors (Lipinski definition) is 2. The standard InChI is InChI=1S/C22H31N7O2S/c1-14(2)11-24-7-5-6-8-29-21-19(20(23)25-12-26-21)27-22(29)32-18-10-17-16(30-13-31-17)9-15(18)28(3)4/h9-10,12,14,24H,5-8,11,13H2,1-4H3,(H2,23,25,26). The van der Waals surface area contributed by atoms with Crippen molar-refractivity contribution in [2.45, 2.75) is 43.3 Å². The van der Waals surface area contributed by atoms with E-state index in [1.54, 1.807) is 11.8 Å². The summed E-state index contributed by atoms with van der Waals surface area (Å²) in [5.41, 5.74) is 8.56. The number of nitrogens with zero attached hydrogens (tertiary/aromatic N) is 5.